The van der Waals surface area contributed by atoms with E-state index in [-0.39, 0.29) is 0 Å². The second-order valence-corrected chi connectivity index (χ2v) is 6.44. The summed E-state index contributed by atoms with van der Waals surface area (Å²) in [5.74, 6) is 1.67. The van der Waals surface area contributed by atoms with Crippen molar-refractivity contribution in [3.05, 3.63) is 40.9 Å². The average Bonchev–Trinajstić information content (AvgIpc) is 2.62. The molecule has 1 aliphatic heterocycles. The zero-order valence-corrected chi connectivity index (χ0v) is 14.4. The first-order valence-corrected chi connectivity index (χ1v) is 8.28. The van der Waals surface area contributed by atoms with E-state index in [1.807, 2.05) is 13.1 Å². The molecule has 23 heavy (non-hydrogen) atoms. The first-order chi connectivity index (χ1) is 11.2. The summed E-state index contributed by atoms with van der Waals surface area (Å²) < 4.78 is 0.823. The van der Waals surface area contributed by atoms with Crippen LogP contribution in [-0.4, -0.2) is 41.1 Å². The number of hydrogen-bond donors (Lipinski definition) is 0. The minimum Gasteiger partial charge on any atom is -0.355 e. The first kappa shape index (κ1) is 15.7. The molecule has 0 atom stereocenters. The van der Waals surface area contributed by atoms with Gasteiger partial charge in [-0.2, -0.15) is 5.26 Å². The van der Waals surface area contributed by atoms with Crippen molar-refractivity contribution in [3.63, 3.8) is 0 Å². The minimum atomic E-state index is 0.365. The van der Waals surface area contributed by atoms with Gasteiger partial charge in [-0.1, -0.05) is 0 Å². The topological polar surface area (TPSA) is 68.9 Å². The summed E-state index contributed by atoms with van der Waals surface area (Å²) in [5, 5.41) is 9.32. The number of nitriles is 1. The molecule has 7 heteroatoms. The van der Waals surface area contributed by atoms with Crippen molar-refractivity contribution in [2.75, 3.05) is 29.9 Å². The molecule has 0 unspecified atom stereocenters. The predicted molar refractivity (Wildman–Crippen MR) is 92.3 cm³/mol. The summed E-state index contributed by atoms with van der Waals surface area (Å²) in [6.45, 7) is 1.85. The summed E-state index contributed by atoms with van der Waals surface area (Å²) in [5.41, 5.74) is 0.596. The molecule has 118 valence electrons. The van der Waals surface area contributed by atoms with Gasteiger partial charge in [0.1, 0.15) is 17.7 Å². The van der Waals surface area contributed by atoms with Crippen LogP contribution in [0.1, 0.15) is 18.4 Å². The first-order valence-electron chi connectivity index (χ1n) is 7.48. The Morgan fingerprint density at radius 1 is 1.26 bits per heavy atom. The average molecular weight is 373 g/mol. The summed E-state index contributed by atoms with van der Waals surface area (Å²) in [6, 6.07) is 4.41. The van der Waals surface area contributed by atoms with E-state index in [4.69, 9.17) is 0 Å². The lowest BCUT2D eigenvalue weighted by Gasteiger charge is -2.37. The molecule has 0 spiro atoms. The van der Waals surface area contributed by atoms with Gasteiger partial charge < -0.3 is 9.80 Å². The molecule has 2 aromatic rings. The highest BCUT2D eigenvalue weighted by molar-refractivity contribution is 9.10. The Morgan fingerprint density at radius 2 is 2.04 bits per heavy atom. The number of halogens is 1. The molecule has 3 rings (SSSR count). The Hall–Kier alpha value is -2.20. The SMILES string of the molecule is CN(c1ncc(Br)cc1C#N)C1CCN(c2cnccn2)CC1. The zero-order chi connectivity index (χ0) is 16.2. The van der Waals surface area contributed by atoms with Gasteiger partial charge in [-0.05, 0) is 34.8 Å². The number of rotatable bonds is 3. The van der Waals surface area contributed by atoms with Gasteiger partial charge in [-0.25, -0.2) is 9.97 Å². The summed E-state index contributed by atoms with van der Waals surface area (Å²) in [6.07, 6.45) is 8.94. The van der Waals surface area contributed by atoms with Crippen molar-refractivity contribution >= 4 is 27.6 Å². The Morgan fingerprint density at radius 3 is 2.70 bits per heavy atom. The molecule has 1 aliphatic rings. The quantitative estimate of drug-likeness (QED) is 0.824. The van der Waals surface area contributed by atoms with E-state index in [9.17, 15) is 5.26 Å². The fourth-order valence-corrected chi connectivity index (χ4v) is 3.24. The van der Waals surface area contributed by atoms with Crippen molar-refractivity contribution in [2.45, 2.75) is 18.9 Å². The molecule has 6 nitrogen and oxygen atoms in total. The van der Waals surface area contributed by atoms with Crippen molar-refractivity contribution in [1.82, 2.24) is 15.0 Å². The van der Waals surface area contributed by atoms with E-state index < -0.39 is 0 Å². The number of hydrogen-bond acceptors (Lipinski definition) is 6. The molecule has 0 radical (unpaired) electrons. The van der Waals surface area contributed by atoms with Gasteiger partial charge in [0.05, 0.1) is 11.8 Å². The van der Waals surface area contributed by atoms with E-state index in [2.05, 4.69) is 46.8 Å². The van der Waals surface area contributed by atoms with Crippen molar-refractivity contribution in [3.8, 4) is 6.07 Å². The summed E-state index contributed by atoms with van der Waals surface area (Å²) in [4.78, 5) is 17.3. The van der Waals surface area contributed by atoms with Crippen LogP contribution in [0.3, 0.4) is 0 Å². The monoisotopic (exact) mass is 372 g/mol. The lowest BCUT2D eigenvalue weighted by atomic mass is 10.0. The standard InChI is InChI=1S/C16H17BrN6/c1-22(16-12(9-18)8-13(17)10-21-16)14-2-6-23(7-3-14)15-11-19-4-5-20-15/h4-5,8,10-11,14H,2-3,6-7H2,1H3. The zero-order valence-electron chi connectivity index (χ0n) is 12.9. The van der Waals surface area contributed by atoms with Crippen molar-refractivity contribution < 1.29 is 0 Å². The van der Waals surface area contributed by atoms with Crippen LogP contribution in [0.4, 0.5) is 11.6 Å². The molecule has 0 aliphatic carbocycles. The van der Waals surface area contributed by atoms with Crippen molar-refractivity contribution in [1.29, 1.82) is 5.26 Å². The number of aromatic nitrogens is 3. The Balaban J connectivity index is 1.69. The third kappa shape index (κ3) is 3.42. The minimum absolute atomic E-state index is 0.365. The van der Waals surface area contributed by atoms with Gasteiger partial charge in [-0.3, -0.25) is 4.98 Å². The number of piperidine rings is 1. The fourth-order valence-electron chi connectivity index (χ4n) is 2.91. The van der Waals surface area contributed by atoms with E-state index >= 15 is 0 Å². The largest absolute Gasteiger partial charge is 0.355 e. The highest BCUT2D eigenvalue weighted by atomic mass is 79.9. The normalized spacial score (nSPS) is 15.3. The van der Waals surface area contributed by atoms with Crippen LogP contribution >= 0.6 is 15.9 Å². The molecule has 1 fully saturated rings. The van der Waals surface area contributed by atoms with Crippen LogP contribution in [0.25, 0.3) is 0 Å². The lowest BCUT2D eigenvalue weighted by Crippen LogP contribution is -2.44. The highest BCUT2D eigenvalue weighted by Crippen LogP contribution is 2.26. The molecular weight excluding hydrogens is 356 g/mol. The molecule has 3 heterocycles. The maximum absolute atomic E-state index is 9.32. The number of pyridine rings is 1. The smallest absolute Gasteiger partial charge is 0.147 e. The molecule has 1 saturated heterocycles. The summed E-state index contributed by atoms with van der Waals surface area (Å²) >= 11 is 3.36. The highest BCUT2D eigenvalue weighted by Gasteiger charge is 2.25. The maximum atomic E-state index is 9.32. The fraction of sp³-hybridized carbons (Fsp3) is 0.375. The van der Waals surface area contributed by atoms with Gasteiger partial charge in [0, 0.05) is 49.2 Å². The Kier molecular flexibility index (Phi) is 4.72. The van der Waals surface area contributed by atoms with Gasteiger partial charge in [-0.15, -0.1) is 0 Å². The Labute approximate surface area is 143 Å². The van der Waals surface area contributed by atoms with Crippen LogP contribution in [0.5, 0.6) is 0 Å². The van der Waals surface area contributed by atoms with E-state index in [0.29, 0.717) is 11.6 Å². The lowest BCUT2D eigenvalue weighted by molar-refractivity contribution is 0.477. The van der Waals surface area contributed by atoms with E-state index in [1.54, 1.807) is 24.8 Å². The molecule has 0 bridgehead atoms. The molecule has 0 aromatic carbocycles. The van der Waals surface area contributed by atoms with Crippen LogP contribution in [0.15, 0.2) is 35.3 Å². The summed E-state index contributed by atoms with van der Waals surface area (Å²) in [7, 11) is 2.01. The van der Waals surface area contributed by atoms with E-state index in [1.165, 1.54) is 0 Å². The third-order valence-corrected chi connectivity index (χ3v) is 4.61. The molecule has 0 saturated carbocycles. The van der Waals surface area contributed by atoms with Crippen LogP contribution in [0.2, 0.25) is 0 Å². The molecule has 0 amide bonds. The van der Waals surface area contributed by atoms with E-state index in [0.717, 1.165) is 42.0 Å². The van der Waals surface area contributed by atoms with Gasteiger partial charge >= 0.3 is 0 Å². The predicted octanol–water partition coefficient (Wildman–Crippen LogP) is 2.61. The van der Waals surface area contributed by atoms with Gasteiger partial charge in [0.25, 0.3) is 0 Å². The number of nitrogens with zero attached hydrogens (tertiary/aromatic N) is 6. The maximum Gasteiger partial charge on any atom is 0.147 e. The van der Waals surface area contributed by atoms with Gasteiger partial charge in [0.15, 0.2) is 0 Å². The second kappa shape index (κ2) is 6.92. The third-order valence-electron chi connectivity index (χ3n) is 4.17. The second-order valence-electron chi connectivity index (χ2n) is 5.53. The van der Waals surface area contributed by atoms with Crippen LogP contribution in [-0.2, 0) is 0 Å². The molecule has 2 aromatic heterocycles. The number of anilines is 2. The molecule has 0 N–H and O–H groups in total. The molecular formula is C16H17BrN6. The Bertz CT molecular complexity index is 706. The van der Waals surface area contributed by atoms with Crippen LogP contribution in [0, 0.1) is 11.3 Å². The van der Waals surface area contributed by atoms with Crippen molar-refractivity contribution in [2.24, 2.45) is 0 Å². The van der Waals surface area contributed by atoms with Crippen LogP contribution < -0.4 is 9.80 Å². The van der Waals surface area contributed by atoms with Gasteiger partial charge in [0.2, 0.25) is 0 Å².